The van der Waals surface area contributed by atoms with E-state index in [2.05, 4.69) is 25.1 Å². The van der Waals surface area contributed by atoms with Crippen LogP contribution in [0.25, 0.3) is 0 Å². The predicted molar refractivity (Wildman–Crippen MR) is 112 cm³/mol. The van der Waals surface area contributed by atoms with Crippen LogP contribution < -0.4 is 10.6 Å². The standard InChI is InChI=1S/C18H26FN5.HI/c1-20-18(21-9-12-24-10-4-5-11-24)22-14-17(23(2)3)15-7-6-8-16(19)13-15;/h4-8,10-11,13,17H,9,12,14H2,1-3H3,(H2,20,21,22);1H. The van der Waals surface area contributed by atoms with E-state index in [4.69, 9.17) is 0 Å². The van der Waals surface area contributed by atoms with Gasteiger partial charge in [0.15, 0.2) is 5.96 Å². The Morgan fingerprint density at radius 2 is 1.92 bits per heavy atom. The molecule has 1 heterocycles. The first kappa shape index (κ1) is 21.4. The number of guanidine groups is 1. The largest absolute Gasteiger partial charge is 0.355 e. The number of hydrogen-bond acceptors (Lipinski definition) is 2. The summed E-state index contributed by atoms with van der Waals surface area (Å²) in [6.45, 7) is 2.29. The zero-order valence-electron chi connectivity index (χ0n) is 14.9. The van der Waals surface area contributed by atoms with E-state index in [-0.39, 0.29) is 35.8 Å². The maximum absolute atomic E-state index is 13.5. The number of aliphatic imine (C=N–C) groups is 1. The van der Waals surface area contributed by atoms with Gasteiger partial charge < -0.3 is 20.1 Å². The molecule has 0 radical (unpaired) electrons. The zero-order chi connectivity index (χ0) is 17.4. The minimum absolute atomic E-state index is 0. The third kappa shape index (κ3) is 7.03. The van der Waals surface area contributed by atoms with Gasteiger partial charge in [-0.2, -0.15) is 0 Å². The molecule has 7 heteroatoms. The van der Waals surface area contributed by atoms with Crippen LogP contribution in [0, 0.1) is 5.82 Å². The average molecular weight is 459 g/mol. The number of benzene rings is 1. The number of halogens is 2. The second-order valence-corrected chi connectivity index (χ2v) is 5.84. The highest BCUT2D eigenvalue weighted by Gasteiger charge is 2.15. The molecule has 1 atom stereocenters. The van der Waals surface area contributed by atoms with Crippen molar-refractivity contribution in [2.24, 2.45) is 4.99 Å². The molecule has 1 aromatic heterocycles. The molecule has 0 saturated carbocycles. The first-order valence-corrected chi connectivity index (χ1v) is 8.07. The maximum Gasteiger partial charge on any atom is 0.191 e. The quantitative estimate of drug-likeness (QED) is 0.380. The molecule has 0 saturated heterocycles. The number of rotatable bonds is 7. The molecule has 2 rings (SSSR count). The van der Waals surface area contributed by atoms with Gasteiger partial charge in [0.25, 0.3) is 0 Å². The fourth-order valence-corrected chi connectivity index (χ4v) is 2.55. The van der Waals surface area contributed by atoms with Crippen LogP contribution in [0.4, 0.5) is 4.39 Å². The fraction of sp³-hybridized carbons (Fsp3) is 0.389. The Bertz CT molecular complexity index is 643. The predicted octanol–water partition coefficient (Wildman–Crippen LogP) is 2.71. The van der Waals surface area contributed by atoms with E-state index in [1.165, 1.54) is 6.07 Å². The monoisotopic (exact) mass is 459 g/mol. The summed E-state index contributed by atoms with van der Waals surface area (Å²) in [5.41, 5.74) is 0.940. The van der Waals surface area contributed by atoms with Gasteiger partial charge in [0, 0.05) is 39.1 Å². The number of hydrogen-bond donors (Lipinski definition) is 2. The van der Waals surface area contributed by atoms with Gasteiger partial charge in [0.2, 0.25) is 0 Å². The molecule has 0 aliphatic rings. The highest BCUT2D eigenvalue weighted by Crippen LogP contribution is 2.18. The molecule has 0 aliphatic heterocycles. The summed E-state index contributed by atoms with van der Waals surface area (Å²) in [6, 6.07) is 10.8. The van der Waals surface area contributed by atoms with Crippen LogP contribution in [0.3, 0.4) is 0 Å². The number of nitrogens with one attached hydrogen (secondary N) is 2. The van der Waals surface area contributed by atoms with Crippen LogP contribution in [0.2, 0.25) is 0 Å². The van der Waals surface area contributed by atoms with E-state index >= 15 is 0 Å². The highest BCUT2D eigenvalue weighted by atomic mass is 127. The summed E-state index contributed by atoms with van der Waals surface area (Å²) >= 11 is 0. The second-order valence-electron chi connectivity index (χ2n) is 5.84. The van der Waals surface area contributed by atoms with E-state index in [0.717, 1.165) is 24.6 Å². The third-order valence-corrected chi connectivity index (χ3v) is 3.87. The van der Waals surface area contributed by atoms with Gasteiger partial charge in [-0.15, -0.1) is 24.0 Å². The molecule has 0 amide bonds. The normalized spacial score (nSPS) is 12.6. The van der Waals surface area contributed by atoms with Gasteiger partial charge in [-0.25, -0.2) is 4.39 Å². The fourth-order valence-electron chi connectivity index (χ4n) is 2.55. The van der Waals surface area contributed by atoms with Crippen LogP contribution >= 0.6 is 24.0 Å². The first-order chi connectivity index (χ1) is 11.6. The number of nitrogens with zero attached hydrogens (tertiary/aromatic N) is 3. The molecule has 1 unspecified atom stereocenters. The van der Waals surface area contributed by atoms with Gasteiger partial charge in [0.1, 0.15) is 5.82 Å². The molecule has 2 aromatic rings. The van der Waals surface area contributed by atoms with E-state index in [1.807, 2.05) is 44.7 Å². The molecular formula is C18H27FIN5. The lowest BCUT2D eigenvalue weighted by Gasteiger charge is -2.26. The van der Waals surface area contributed by atoms with Crippen LogP contribution in [0.15, 0.2) is 53.8 Å². The summed E-state index contributed by atoms with van der Waals surface area (Å²) < 4.78 is 15.6. The summed E-state index contributed by atoms with van der Waals surface area (Å²) in [5.74, 6) is 0.527. The maximum atomic E-state index is 13.5. The smallest absolute Gasteiger partial charge is 0.191 e. The Labute approximate surface area is 166 Å². The topological polar surface area (TPSA) is 44.6 Å². The summed E-state index contributed by atoms with van der Waals surface area (Å²) in [4.78, 5) is 6.31. The van der Waals surface area contributed by atoms with Crippen molar-refractivity contribution in [1.82, 2.24) is 20.1 Å². The van der Waals surface area contributed by atoms with Gasteiger partial charge in [-0.05, 0) is 43.9 Å². The van der Waals surface area contributed by atoms with E-state index < -0.39 is 0 Å². The van der Waals surface area contributed by atoms with Crippen LogP contribution in [-0.2, 0) is 6.54 Å². The van der Waals surface area contributed by atoms with Crippen molar-refractivity contribution >= 4 is 29.9 Å². The lowest BCUT2D eigenvalue weighted by atomic mass is 10.1. The van der Waals surface area contributed by atoms with Crippen molar-refractivity contribution < 1.29 is 4.39 Å². The van der Waals surface area contributed by atoms with Crippen molar-refractivity contribution in [3.63, 3.8) is 0 Å². The van der Waals surface area contributed by atoms with E-state index in [9.17, 15) is 4.39 Å². The van der Waals surface area contributed by atoms with Crippen LogP contribution in [0.1, 0.15) is 11.6 Å². The molecule has 0 spiro atoms. The molecule has 1 aromatic carbocycles. The molecule has 0 aliphatic carbocycles. The summed E-state index contributed by atoms with van der Waals surface area (Å²) in [5, 5.41) is 6.60. The zero-order valence-corrected chi connectivity index (χ0v) is 17.3. The Morgan fingerprint density at radius 3 is 2.52 bits per heavy atom. The van der Waals surface area contributed by atoms with Gasteiger partial charge >= 0.3 is 0 Å². The van der Waals surface area contributed by atoms with E-state index in [1.54, 1.807) is 19.2 Å². The first-order valence-electron chi connectivity index (χ1n) is 8.07. The Morgan fingerprint density at radius 1 is 1.20 bits per heavy atom. The molecule has 0 bridgehead atoms. The van der Waals surface area contributed by atoms with Crippen molar-refractivity contribution in [1.29, 1.82) is 0 Å². The lowest BCUT2D eigenvalue weighted by molar-refractivity contribution is 0.297. The Balaban J connectivity index is 0.00000312. The molecule has 138 valence electrons. The molecule has 2 N–H and O–H groups in total. The molecule has 25 heavy (non-hydrogen) atoms. The van der Waals surface area contributed by atoms with Crippen LogP contribution in [-0.4, -0.2) is 49.7 Å². The summed E-state index contributed by atoms with van der Waals surface area (Å²) in [6.07, 6.45) is 4.06. The second kappa shape index (κ2) is 11.1. The van der Waals surface area contributed by atoms with Gasteiger partial charge in [-0.1, -0.05) is 12.1 Å². The van der Waals surface area contributed by atoms with Crippen molar-refractivity contribution in [2.45, 2.75) is 12.6 Å². The van der Waals surface area contributed by atoms with Gasteiger partial charge in [0.05, 0.1) is 6.04 Å². The number of likely N-dealkylation sites (N-methyl/N-ethyl adjacent to an activating group) is 1. The Hall–Kier alpha value is -1.61. The SMILES string of the molecule is CN=C(NCCn1cccc1)NCC(c1cccc(F)c1)N(C)C.I. The third-order valence-electron chi connectivity index (χ3n) is 3.87. The lowest BCUT2D eigenvalue weighted by Crippen LogP contribution is -2.42. The van der Waals surface area contributed by atoms with Crippen LogP contribution in [0.5, 0.6) is 0 Å². The average Bonchev–Trinajstić information content (AvgIpc) is 3.06. The van der Waals surface area contributed by atoms with Crippen molar-refractivity contribution in [3.05, 3.63) is 60.2 Å². The number of aromatic nitrogens is 1. The highest BCUT2D eigenvalue weighted by molar-refractivity contribution is 14.0. The van der Waals surface area contributed by atoms with Crippen molar-refractivity contribution in [2.75, 3.05) is 34.2 Å². The minimum Gasteiger partial charge on any atom is -0.355 e. The molecule has 5 nitrogen and oxygen atoms in total. The van der Waals surface area contributed by atoms with Crippen molar-refractivity contribution in [3.8, 4) is 0 Å². The Kier molecular flexibility index (Phi) is 9.51. The summed E-state index contributed by atoms with van der Waals surface area (Å²) in [7, 11) is 5.72. The van der Waals surface area contributed by atoms with E-state index in [0.29, 0.717) is 6.54 Å². The minimum atomic E-state index is -0.214. The molecule has 0 fully saturated rings. The van der Waals surface area contributed by atoms with Gasteiger partial charge in [-0.3, -0.25) is 4.99 Å². The molecular weight excluding hydrogens is 432 g/mol.